The minimum Gasteiger partial charge on any atom is -0.478 e. The molecule has 2 rings (SSSR count). The van der Waals surface area contributed by atoms with Crippen molar-refractivity contribution in [1.29, 1.82) is 0 Å². The van der Waals surface area contributed by atoms with Crippen molar-refractivity contribution in [3.63, 3.8) is 0 Å². The van der Waals surface area contributed by atoms with E-state index in [2.05, 4.69) is 10.1 Å². The van der Waals surface area contributed by atoms with E-state index in [0.29, 0.717) is 6.07 Å². The van der Waals surface area contributed by atoms with Crippen molar-refractivity contribution in [2.75, 3.05) is 12.4 Å². The maximum Gasteiger partial charge on any atom is 0.337 e. The van der Waals surface area contributed by atoms with Gasteiger partial charge in [0, 0.05) is 0 Å². The molecular formula is C15H10F3NO4. The fourth-order valence-electron chi connectivity index (χ4n) is 1.85. The zero-order chi connectivity index (χ0) is 17.1. The lowest BCUT2D eigenvalue weighted by molar-refractivity contribution is 0.0599. The third kappa shape index (κ3) is 3.25. The lowest BCUT2D eigenvalue weighted by Crippen LogP contribution is -2.08. The molecule has 23 heavy (non-hydrogen) atoms. The predicted molar refractivity (Wildman–Crippen MR) is 74.3 cm³/mol. The second-order valence-electron chi connectivity index (χ2n) is 4.40. The van der Waals surface area contributed by atoms with Crippen molar-refractivity contribution in [3.05, 3.63) is 58.9 Å². The minimum atomic E-state index is -1.52. The Kier molecular flexibility index (Phi) is 4.54. The van der Waals surface area contributed by atoms with Crippen molar-refractivity contribution in [2.45, 2.75) is 0 Å². The summed E-state index contributed by atoms with van der Waals surface area (Å²) >= 11 is 0. The number of nitrogens with one attached hydrogen (secondary N) is 1. The SMILES string of the molecule is COC(=O)c1ccc(Nc2c(C(=O)O)ccc(F)c2F)c(F)c1. The molecule has 0 saturated carbocycles. The zero-order valence-corrected chi connectivity index (χ0v) is 11.7. The van der Waals surface area contributed by atoms with Crippen LogP contribution >= 0.6 is 0 Å². The highest BCUT2D eigenvalue weighted by Gasteiger charge is 2.20. The summed E-state index contributed by atoms with van der Waals surface area (Å²) in [7, 11) is 1.12. The lowest BCUT2D eigenvalue weighted by atomic mass is 10.1. The fraction of sp³-hybridized carbons (Fsp3) is 0.0667. The number of carboxylic acids is 1. The Morgan fingerprint density at radius 2 is 1.78 bits per heavy atom. The van der Waals surface area contributed by atoms with E-state index in [1.54, 1.807) is 0 Å². The van der Waals surface area contributed by atoms with Gasteiger partial charge in [-0.05, 0) is 30.3 Å². The number of ether oxygens (including phenoxy) is 1. The molecule has 0 bridgehead atoms. The smallest absolute Gasteiger partial charge is 0.337 e. The summed E-state index contributed by atoms with van der Waals surface area (Å²) in [6.07, 6.45) is 0. The predicted octanol–water partition coefficient (Wildman–Crippen LogP) is 3.33. The first-order chi connectivity index (χ1) is 10.8. The molecule has 0 radical (unpaired) electrons. The Hall–Kier alpha value is -3.03. The van der Waals surface area contributed by atoms with E-state index in [4.69, 9.17) is 5.11 Å². The molecule has 0 aliphatic carbocycles. The average Bonchev–Trinajstić information content (AvgIpc) is 2.52. The maximum absolute atomic E-state index is 14.0. The summed E-state index contributed by atoms with van der Waals surface area (Å²) < 4.78 is 45.5. The first-order valence-electron chi connectivity index (χ1n) is 6.21. The molecule has 0 fully saturated rings. The van der Waals surface area contributed by atoms with Crippen molar-refractivity contribution in [3.8, 4) is 0 Å². The number of rotatable bonds is 4. The van der Waals surface area contributed by atoms with E-state index >= 15 is 0 Å². The van der Waals surface area contributed by atoms with Gasteiger partial charge in [0.15, 0.2) is 11.6 Å². The van der Waals surface area contributed by atoms with Gasteiger partial charge in [-0.25, -0.2) is 22.8 Å². The quantitative estimate of drug-likeness (QED) is 0.843. The van der Waals surface area contributed by atoms with Gasteiger partial charge in [0.2, 0.25) is 0 Å². The topological polar surface area (TPSA) is 75.6 Å². The van der Waals surface area contributed by atoms with Gasteiger partial charge in [0.05, 0.1) is 29.6 Å². The molecule has 0 aliphatic rings. The minimum absolute atomic E-state index is 0.0891. The van der Waals surface area contributed by atoms with Gasteiger partial charge in [-0.1, -0.05) is 0 Å². The summed E-state index contributed by atoms with van der Waals surface area (Å²) in [6.45, 7) is 0. The molecule has 8 heteroatoms. The van der Waals surface area contributed by atoms with Gasteiger partial charge in [-0.2, -0.15) is 0 Å². The Morgan fingerprint density at radius 3 is 2.35 bits per heavy atom. The summed E-state index contributed by atoms with van der Waals surface area (Å²) in [6, 6.07) is 4.60. The maximum atomic E-state index is 14.0. The van der Waals surface area contributed by atoms with Crippen LogP contribution in [0.5, 0.6) is 0 Å². The van der Waals surface area contributed by atoms with E-state index in [0.717, 1.165) is 25.3 Å². The average molecular weight is 325 g/mol. The van der Waals surface area contributed by atoms with Crippen LogP contribution in [0.2, 0.25) is 0 Å². The Morgan fingerprint density at radius 1 is 1.09 bits per heavy atom. The van der Waals surface area contributed by atoms with Gasteiger partial charge in [-0.3, -0.25) is 0 Å². The number of benzene rings is 2. The van der Waals surface area contributed by atoms with Crippen LogP contribution in [0.3, 0.4) is 0 Å². The number of esters is 1. The highest BCUT2D eigenvalue weighted by molar-refractivity contribution is 5.95. The number of hydrogen-bond donors (Lipinski definition) is 2. The van der Waals surface area contributed by atoms with Crippen LogP contribution in [0, 0.1) is 17.5 Å². The van der Waals surface area contributed by atoms with Crippen LogP contribution in [0.4, 0.5) is 24.5 Å². The number of carbonyl (C=O) groups excluding carboxylic acids is 1. The summed E-state index contributed by atoms with van der Waals surface area (Å²) in [5.41, 5.74) is -1.71. The van der Waals surface area contributed by atoms with Crippen LogP contribution in [0.25, 0.3) is 0 Å². The van der Waals surface area contributed by atoms with E-state index in [1.807, 2.05) is 0 Å². The van der Waals surface area contributed by atoms with Crippen LogP contribution in [0.1, 0.15) is 20.7 Å². The monoisotopic (exact) mass is 325 g/mol. The normalized spacial score (nSPS) is 10.3. The van der Waals surface area contributed by atoms with Gasteiger partial charge in [-0.15, -0.1) is 0 Å². The second-order valence-corrected chi connectivity index (χ2v) is 4.40. The highest BCUT2D eigenvalue weighted by atomic mass is 19.2. The van der Waals surface area contributed by atoms with Crippen molar-refractivity contribution >= 4 is 23.3 Å². The summed E-state index contributed by atoms with van der Waals surface area (Å²) in [5.74, 6) is -6.00. The number of halogens is 3. The first-order valence-corrected chi connectivity index (χ1v) is 6.21. The van der Waals surface area contributed by atoms with Gasteiger partial charge in [0.1, 0.15) is 5.82 Å². The molecular weight excluding hydrogens is 315 g/mol. The van der Waals surface area contributed by atoms with Crippen LogP contribution in [-0.4, -0.2) is 24.2 Å². The van der Waals surface area contributed by atoms with Gasteiger partial charge < -0.3 is 15.2 Å². The number of carbonyl (C=O) groups is 2. The molecule has 0 aliphatic heterocycles. The molecule has 0 spiro atoms. The Balaban J connectivity index is 2.46. The zero-order valence-electron chi connectivity index (χ0n) is 11.7. The van der Waals surface area contributed by atoms with Crippen molar-refractivity contribution in [2.24, 2.45) is 0 Å². The van der Waals surface area contributed by atoms with E-state index in [-0.39, 0.29) is 11.3 Å². The Labute approximate surface area is 128 Å². The van der Waals surface area contributed by atoms with Crippen LogP contribution < -0.4 is 5.32 Å². The third-order valence-electron chi connectivity index (χ3n) is 2.98. The Bertz CT molecular complexity index is 793. The van der Waals surface area contributed by atoms with E-state index in [1.165, 1.54) is 6.07 Å². The van der Waals surface area contributed by atoms with E-state index in [9.17, 15) is 22.8 Å². The molecule has 0 atom stereocenters. The van der Waals surface area contributed by atoms with Gasteiger partial charge in [0.25, 0.3) is 0 Å². The number of anilines is 2. The van der Waals surface area contributed by atoms with Gasteiger partial charge >= 0.3 is 11.9 Å². The molecule has 0 saturated heterocycles. The van der Waals surface area contributed by atoms with E-state index < -0.39 is 40.6 Å². The van der Waals surface area contributed by atoms with Crippen molar-refractivity contribution in [1.82, 2.24) is 0 Å². The lowest BCUT2D eigenvalue weighted by Gasteiger charge is -2.12. The third-order valence-corrected chi connectivity index (χ3v) is 2.98. The molecule has 0 heterocycles. The molecule has 0 amide bonds. The fourth-order valence-corrected chi connectivity index (χ4v) is 1.85. The molecule has 2 N–H and O–H groups in total. The van der Waals surface area contributed by atoms with Crippen LogP contribution in [-0.2, 0) is 4.74 Å². The van der Waals surface area contributed by atoms with Crippen molar-refractivity contribution < 1.29 is 32.6 Å². The molecule has 2 aromatic rings. The van der Waals surface area contributed by atoms with Crippen LogP contribution in [0.15, 0.2) is 30.3 Å². The number of carboxylic acid groups (broad SMARTS) is 1. The molecule has 120 valence electrons. The second kappa shape index (κ2) is 6.39. The molecule has 5 nitrogen and oxygen atoms in total. The number of methoxy groups -OCH3 is 1. The summed E-state index contributed by atoms with van der Waals surface area (Å²) in [5, 5.41) is 11.2. The highest BCUT2D eigenvalue weighted by Crippen LogP contribution is 2.28. The standard InChI is InChI=1S/C15H10F3NO4/c1-23-15(22)7-2-5-11(10(17)6-7)19-13-8(14(20)21)3-4-9(16)12(13)18/h2-6,19H,1H3,(H,20,21). The first kappa shape index (κ1) is 16.3. The molecule has 0 unspecified atom stereocenters. The molecule has 2 aromatic carbocycles. The molecule has 0 aromatic heterocycles. The number of hydrogen-bond acceptors (Lipinski definition) is 4. The summed E-state index contributed by atoms with van der Waals surface area (Å²) in [4.78, 5) is 22.3. The largest absolute Gasteiger partial charge is 0.478 e. The number of aromatic carboxylic acids is 1.